The van der Waals surface area contributed by atoms with Crippen LogP contribution in [0.4, 0.5) is 0 Å². The number of hydrogen-bond donors (Lipinski definition) is 0. The van der Waals surface area contributed by atoms with Crippen molar-refractivity contribution in [3.8, 4) is 0 Å². The second-order valence-electron chi connectivity index (χ2n) is 7.48. The average molecular weight is 321 g/mol. The van der Waals surface area contributed by atoms with Crippen molar-refractivity contribution in [3.63, 3.8) is 0 Å². The van der Waals surface area contributed by atoms with E-state index in [0.717, 1.165) is 45.1 Å². The van der Waals surface area contributed by atoms with E-state index in [2.05, 4.69) is 9.80 Å². The van der Waals surface area contributed by atoms with Crippen molar-refractivity contribution in [2.45, 2.75) is 57.9 Å². The summed E-state index contributed by atoms with van der Waals surface area (Å²) in [5, 5.41) is 0. The van der Waals surface area contributed by atoms with Crippen molar-refractivity contribution in [1.82, 2.24) is 14.7 Å². The minimum atomic E-state index is 0.152. The van der Waals surface area contributed by atoms with Gasteiger partial charge < -0.3 is 9.80 Å². The molecule has 0 spiro atoms. The molecular weight excluding hydrogens is 290 g/mol. The molecule has 5 nitrogen and oxygen atoms in total. The highest BCUT2D eigenvalue weighted by Crippen LogP contribution is 2.35. The van der Waals surface area contributed by atoms with Crippen LogP contribution in [0.3, 0.4) is 0 Å². The lowest BCUT2D eigenvalue weighted by Gasteiger charge is -2.44. The third kappa shape index (κ3) is 4.06. The molecular formula is C18H31N3O2. The standard InChI is InChI=1S/C18H31N3O2/c1-15(22)20-10-5-9-19(12-13-20)14-18(23)21-11-4-7-16-6-2-3-8-17(16)21/h16-17H,2-14H2,1H3. The fourth-order valence-corrected chi connectivity index (χ4v) is 4.66. The summed E-state index contributed by atoms with van der Waals surface area (Å²) in [5.74, 6) is 1.22. The zero-order valence-electron chi connectivity index (χ0n) is 14.5. The predicted octanol–water partition coefficient (Wildman–Crippen LogP) is 1.72. The summed E-state index contributed by atoms with van der Waals surface area (Å²) in [6.07, 6.45) is 8.59. The molecule has 3 rings (SSSR count). The minimum Gasteiger partial charge on any atom is -0.342 e. The number of carbonyl (C=O) groups excluding carboxylic acids is 2. The number of rotatable bonds is 2. The molecule has 3 aliphatic rings. The van der Waals surface area contributed by atoms with Crippen molar-refractivity contribution in [3.05, 3.63) is 0 Å². The van der Waals surface area contributed by atoms with Gasteiger partial charge in [0.05, 0.1) is 6.54 Å². The molecule has 2 saturated heterocycles. The molecule has 2 amide bonds. The van der Waals surface area contributed by atoms with Crippen LogP contribution in [0.25, 0.3) is 0 Å². The van der Waals surface area contributed by atoms with Crippen molar-refractivity contribution in [1.29, 1.82) is 0 Å². The first-order valence-electron chi connectivity index (χ1n) is 9.42. The molecule has 23 heavy (non-hydrogen) atoms. The molecule has 0 aromatic rings. The first-order valence-corrected chi connectivity index (χ1v) is 9.42. The summed E-state index contributed by atoms with van der Waals surface area (Å²) < 4.78 is 0. The Morgan fingerprint density at radius 2 is 1.65 bits per heavy atom. The Labute approximate surface area is 140 Å². The maximum Gasteiger partial charge on any atom is 0.237 e. The van der Waals surface area contributed by atoms with Gasteiger partial charge in [0.1, 0.15) is 0 Å². The van der Waals surface area contributed by atoms with E-state index in [1.807, 2.05) is 4.90 Å². The first-order chi connectivity index (χ1) is 11.1. The molecule has 0 aromatic carbocycles. The molecule has 5 heteroatoms. The normalized spacial score (nSPS) is 29.8. The van der Waals surface area contributed by atoms with Crippen molar-refractivity contribution < 1.29 is 9.59 Å². The van der Waals surface area contributed by atoms with Crippen molar-refractivity contribution >= 4 is 11.8 Å². The van der Waals surface area contributed by atoms with E-state index in [1.165, 1.54) is 38.5 Å². The molecule has 1 saturated carbocycles. The lowest BCUT2D eigenvalue weighted by atomic mass is 9.78. The van der Waals surface area contributed by atoms with Crippen LogP contribution in [-0.4, -0.2) is 71.8 Å². The van der Waals surface area contributed by atoms with Gasteiger partial charge in [0.15, 0.2) is 0 Å². The van der Waals surface area contributed by atoms with Crippen molar-refractivity contribution in [2.24, 2.45) is 5.92 Å². The quantitative estimate of drug-likeness (QED) is 0.778. The summed E-state index contributed by atoms with van der Waals surface area (Å²) in [6.45, 7) is 6.47. The van der Waals surface area contributed by atoms with Gasteiger partial charge in [-0.05, 0) is 38.0 Å². The van der Waals surface area contributed by atoms with Gasteiger partial charge in [-0.25, -0.2) is 0 Å². The topological polar surface area (TPSA) is 43.9 Å². The van der Waals surface area contributed by atoms with Gasteiger partial charge in [0.25, 0.3) is 0 Å². The van der Waals surface area contributed by atoms with Gasteiger partial charge >= 0.3 is 0 Å². The number of piperidine rings is 1. The van der Waals surface area contributed by atoms with Gasteiger partial charge in [-0.3, -0.25) is 14.5 Å². The fourth-order valence-electron chi connectivity index (χ4n) is 4.66. The number of likely N-dealkylation sites (tertiary alicyclic amines) is 1. The number of carbonyl (C=O) groups is 2. The Morgan fingerprint density at radius 3 is 2.48 bits per heavy atom. The zero-order chi connectivity index (χ0) is 16.2. The highest BCUT2D eigenvalue weighted by molar-refractivity contribution is 5.79. The second-order valence-corrected chi connectivity index (χ2v) is 7.48. The maximum atomic E-state index is 12.9. The van der Waals surface area contributed by atoms with Gasteiger partial charge in [-0.15, -0.1) is 0 Å². The van der Waals surface area contributed by atoms with Crippen LogP contribution in [0, 0.1) is 5.92 Å². The Morgan fingerprint density at radius 1 is 0.870 bits per heavy atom. The van der Waals surface area contributed by atoms with E-state index in [-0.39, 0.29) is 5.91 Å². The van der Waals surface area contributed by atoms with Gasteiger partial charge in [-0.2, -0.15) is 0 Å². The first kappa shape index (κ1) is 16.7. The molecule has 1 aliphatic carbocycles. The number of fused-ring (bicyclic) bond motifs is 1. The van der Waals surface area contributed by atoms with Crippen LogP contribution in [-0.2, 0) is 9.59 Å². The van der Waals surface area contributed by atoms with E-state index in [0.29, 0.717) is 18.5 Å². The Balaban J connectivity index is 1.54. The lowest BCUT2D eigenvalue weighted by Crippen LogP contribution is -2.52. The molecule has 2 aliphatic heterocycles. The van der Waals surface area contributed by atoms with Gasteiger partial charge in [0.2, 0.25) is 11.8 Å². The molecule has 130 valence electrons. The molecule has 2 unspecified atom stereocenters. The van der Waals surface area contributed by atoms with Gasteiger partial charge in [0, 0.05) is 45.7 Å². The molecule has 0 radical (unpaired) electrons. The van der Waals surface area contributed by atoms with E-state index < -0.39 is 0 Å². The molecule has 0 aromatic heterocycles. The van der Waals surface area contributed by atoms with Crippen LogP contribution in [0.2, 0.25) is 0 Å². The lowest BCUT2D eigenvalue weighted by molar-refractivity contribution is -0.138. The highest BCUT2D eigenvalue weighted by atomic mass is 16.2. The molecule has 0 bridgehead atoms. The molecule has 2 atom stereocenters. The Bertz CT molecular complexity index is 438. The smallest absolute Gasteiger partial charge is 0.237 e. The summed E-state index contributed by atoms with van der Waals surface area (Å²) in [4.78, 5) is 30.7. The number of amides is 2. The molecule has 0 N–H and O–H groups in total. The summed E-state index contributed by atoms with van der Waals surface area (Å²) >= 11 is 0. The molecule has 2 heterocycles. The van der Waals surface area contributed by atoms with Crippen LogP contribution in [0.15, 0.2) is 0 Å². The Hall–Kier alpha value is -1.10. The van der Waals surface area contributed by atoms with E-state index in [4.69, 9.17) is 0 Å². The largest absolute Gasteiger partial charge is 0.342 e. The number of nitrogens with zero attached hydrogens (tertiary/aromatic N) is 3. The van der Waals surface area contributed by atoms with Crippen LogP contribution < -0.4 is 0 Å². The zero-order valence-corrected chi connectivity index (χ0v) is 14.5. The summed E-state index contributed by atoms with van der Waals surface area (Å²) in [7, 11) is 0. The van der Waals surface area contributed by atoms with Crippen LogP contribution >= 0.6 is 0 Å². The second kappa shape index (κ2) is 7.65. The Kier molecular flexibility index (Phi) is 5.57. The summed E-state index contributed by atoms with van der Waals surface area (Å²) in [6, 6.07) is 0.505. The monoisotopic (exact) mass is 321 g/mol. The third-order valence-corrected chi connectivity index (χ3v) is 5.96. The van der Waals surface area contributed by atoms with E-state index >= 15 is 0 Å². The summed E-state index contributed by atoms with van der Waals surface area (Å²) in [5.41, 5.74) is 0. The van der Waals surface area contributed by atoms with E-state index in [1.54, 1.807) is 6.92 Å². The van der Waals surface area contributed by atoms with E-state index in [9.17, 15) is 9.59 Å². The van der Waals surface area contributed by atoms with Crippen LogP contribution in [0.5, 0.6) is 0 Å². The predicted molar refractivity (Wildman–Crippen MR) is 90.0 cm³/mol. The minimum absolute atomic E-state index is 0.152. The average Bonchev–Trinajstić information content (AvgIpc) is 2.80. The SMILES string of the molecule is CC(=O)N1CCCN(CC(=O)N2CCCC3CCCCC32)CC1. The number of hydrogen-bond acceptors (Lipinski definition) is 3. The van der Waals surface area contributed by atoms with Crippen molar-refractivity contribution in [2.75, 3.05) is 39.3 Å². The highest BCUT2D eigenvalue weighted by Gasteiger charge is 2.36. The maximum absolute atomic E-state index is 12.9. The van der Waals surface area contributed by atoms with Gasteiger partial charge in [-0.1, -0.05) is 12.8 Å². The van der Waals surface area contributed by atoms with Crippen LogP contribution in [0.1, 0.15) is 51.9 Å². The fraction of sp³-hybridized carbons (Fsp3) is 0.889. The third-order valence-electron chi connectivity index (χ3n) is 5.96. The molecule has 3 fully saturated rings.